The first-order valence-electron chi connectivity index (χ1n) is 5.14. The third kappa shape index (κ3) is 3.92. The lowest BCUT2D eigenvalue weighted by molar-refractivity contribution is -0.120. The van der Waals surface area contributed by atoms with E-state index in [1.807, 2.05) is 5.32 Å². The Morgan fingerprint density at radius 3 is 2.61 bits per heavy atom. The van der Waals surface area contributed by atoms with E-state index < -0.39 is 18.0 Å². The molecule has 0 aliphatic heterocycles. The van der Waals surface area contributed by atoms with E-state index in [9.17, 15) is 9.59 Å². The summed E-state index contributed by atoms with van der Waals surface area (Å²) in [6, 6.07) is 3.83. The second-order valence-electron chi connectivity index (χ2n) is 3.57. The Hall–Kier alpha value is -1.76. The van der Waals surface area contributed by atoms with Crippen molar-refractivity contribution in [3.63, 3.8) is 0 Å². The number of methoxy groups -OCH3 is 1. The molecular weight excluding hydrogens is 302 g/mol. The largest absolute Gasteiger partial charge is 0.496 e. The van der Waals surface area contributed by atoms with Crippen molar-refractivity contribution in [2.75, 3.05) is 12.4 Å². The summed E-state index contributed by atoms with van der Waals surface area (Å²) in [6.45, 7) is 1.62. The number of halogens is 1. The summed E-state index contributed by atoms with van der Waals surface area (Å²) < 4.78 is 5.85. The van der Waals surface area contributed by atoms with Gasteiger partial charge in [-0.25, -0.2) is 4.79 Å². The van der Waals surface area contributed by atoms with Crippen LogP contribution in [0, 0.1) is 0 Å². The fourth-order valence-electron chi connectivity index (χ4n) is 1.30. The maximum Gasteiger partial charge on any atom is 0.318 e. The van der Waals surface area contributed by atoms with Crippen LogP contribution < -0.4 is 21.1 Å². The molecule has 0 bridgehead atoms. The van der Waals surface area contributed by atoms with Gasteiger partial charge in [0.1, 0.15) is 11.8 Å². The summed E-state index contributed by atoms with van der Waals surface area (Å²) in [7, 11) is 1.57. The fraction of sp³-hybridized carbons (Fsp3) is 0.273. The van der Waals surface area contributed by atoms with Crippen LogP contribution in [0.5, 0.6) is 5.75 Å². The molecule has 0 saturated heterocycles. The molecule has 1 aromatic carbocycles. The van der Waals surface area contributed by atoms with E-state index in [1.165, 1.54) is 0 Å². The molecule has 0 unspecified atom stereocenters. The normalized spacial score (nSPS) is 11.5. The summed E-state index contributed by atoms with van der Waals surface area (Å²) >= 11 is 3.33. The van der Waals surface area contributed by atoms with E-state index in [4.69, 9.17) is 10.5 Å². The van der Waals surface area contributed by atoms with Gasteiger partial charge in [0, 0.05) is 5.69 Å². The second-order valence-corrected chi connectivity index (χ2v) is 4.42. The number of hydrogen-bond acceptors (Lipinski definition) is 4. The molecule has 4 N–H and O–H groups in total. The van der Waals surface area contributed by atoms with Crippen LogP contribution in [-0.4, -0.2) is 25.1 Å². The first-order valence-corrected chi connectivity index (χ1v) is 5.93. The predicted molar refractivity (Wildman–Crippen MR) is 71.5 cm³/mol. The number of amides is 3. The van der Waals surface area contributed by atoms with E-state index in [-0.39, 0.29) is 0 Å². The number of primary amides is 1. The highest BCUT2D eigenvalue weighted by Gasteiger charge is 2.14. The minimum absolute atomic E-state index is 0.491. The van der Waals surface area contributed by atoms with Gasteiger partial charge in [0.25, 0.3) is 0 Å². The van der Waals surface area contributed by atoms with Gasteiger partial charge in [0.2, 0.25) is 5.91 Å². The highest BCUT2D eigenvalue weighted by atomic mass is 79.9. The Morgan fingerprint density at radius 2 is 2.11 bits per heavy atom. The van der Waals surface area contributed by atoms with Gasteiger partial charge < -0.3 is 15.8 Å². The maximum atomic E-state index is 11.5. The smallest absolute Gasteiger partial charge is 0.318 e. The van der Waals surface area contributed by atoms with Crippen LogP contribution in [0.25, 0.3) is 0 Å². The molecule has 0 fully saturated rings. The summed E-state index contributed by atoms with van der Waals surface area (Å²) in [4.78, 5) is 22.0. The zero-order chi connectivity index (χ0) is 13.7. The standard InChI is InChI=1S/C11H14BrN3O3/c1-6(10(16)15-11(13)17)14-7-3-4-9(18-2)8(12)5-7/h3-6,14H,1-2H3,(H3,13,15,16,17)/t6-/m1/s1. The monoisotopic (exact) mass is 315 g/mol. The Labute approximate surface area is 113 Å². The number of benzene rings is 1. The van der Waals surface area contributed by atoms with Crippen LogP contribution in [0.15, 0.2) is 22.7 Å². The molecule has 0 spiro atoms. The zero-order valence-electron chi connectivity index (χ0n) is 9.99. The number of carbonyl (C=O) groups is 2. The summed E-state index contributed by atoms with van der Waals surface area (Å²) in [5.74, 6) is 0.198. The van der Waals surface area contributed by atoms with Crippen molar-refractivity contribution < 1.29 is 14.3 Å². The lowest BCUT2D eigenvalue weighted by atomic mass is 10.2. The average Bonchev–Trinajstić information content (AvgIpc) is 2.28. The van der Waals surface area contributed by atoms with E-state index in [0.717, 1.165) is 10.2 Å². The molecule has 3 amide bonds. The summed E-state index contributed by atoms with van der Waals surface area (Å²) in [5, 5.41) is 4.93. The van der Waals surface area contributed by atoms with Gasteiger partial charge >= 0.3 is 6.03 Å². The first-order chi connectivity index (χ1) is 8.43. The highest BCUT2D eigenvalue weighted by molar-refractivity contribution is 9.10. The van der Waals surface area contributed by atoms with Crippen molar-refractivity contribution in [2.45, 2.75) is 13.0 Å². The van der Waals surface area contributed by atoms with Crippen molar-refractivity contribution in [1.29, 1.82) is 0 Å². The van der Waals surface area contributed by atoms with Gasteiger partial charge in [-0.05, 0) is 41.1 Å². The van der Waals surface area contributed by atoms with E-state index >= 15 is 0 Å². The molecule has 7 heteroatoms. The number of nitrogens with two attached hydrogens (primary N) is 1. The molecule has 0 heterocycles. The van der Waals surface area contributed by atoms with Crippen LogP contribution in [0.3, 0.4) is 0 Å². The lowest BCUT2D eigenvalue weighted by Crippen LogP contribution is -2.43. The van der Waals surface area contributed by atoms with Gasteiger partial charge in [-0.15, -0.1) is 0 Å². The number of rotatable bonds is 4. The Balaban J connectivity index is 2.70. The van der Waals surface area contributed by atoms with Crippen molar-refractivity contribution in [3.8, 4) is 5.75 Å². The molecule has 98 valence electrons. The van der Waals surface area contributed by atoms with Crippen molar-refractivity contribution in [1.82, 2.24) is 5.32 Å². The van der Waals surface area contributed by atoms with Crippen LogP contribution in [-0.2, 0) is 4.79 Å². The van der Waals surface area contributed by atoms with Gasteiger partial charge in [-0.1, -0.05) is 0 Å². The molecule has 0 aliphatic carbocycles. The van der Waals surface area contributed by atoms with E-state index in [2.05, 4.69) is 21.2 Å². The second kappa shape index (κ2) is 6.25. The number of urea groups is 1. The Bertz CT molecular complexity index is 465. The maximum absolute atomic E-state index is 11.5. The SMILES string of the molecule is COc1ccc(N[C@H](C)C(=O)NC(N)=O)cc1Br. The minimum Gasteiger partial charge on any atom is -0.496 e. The Morgan fingerprint density at radius 1 is 1.44 bits per heavy atom. The molecule has 0 aliphatic rings. The average molecular weight is 316 g/mol. The Kier molecular flexibility index (Phi) is 4.96. The molecular formula is C11H14BrN3O3. The predicted octanol–water partition coefficient (Wildman–Crippen LogP) is 1.45. The third-order valence-corrected chi connectivity index (χ3v) is 2.79. The number of hydrogen-bond donors (Lipinski definition) is 3. The third-order valence-electron chi connectivity index (χ3n) is 2.17. The van der Waals surface area contributed by atoms with Crippen LogP contribution in [0.4, 0.5) is 10.5 Å². The molecule has 0 aromatic heterocycles. The number of imide groups is 1. The van der Waals surface area contributed by atoms with E-state index in [0.29, 0.717) is 5.75 Å². The van der Waals surface area contributed by atoms with E-state index in [1.54, 1.807) is 32.2 Å². The van der Waals surface area contributed by atoms with Gasteiger partial charge in [0.05, 0.1) is 11.6 Å². The molecule has 1 rings (SSSR count). The van der Waals surface area contributed by atoms with Crippen molar-refractivity contribution in [3.05, 3.63) is 22.7 Å². The molecule has 0 saturated carbocycles. The molecule has 0 radical (unpaired) electrons. The molecule has 1 atom stereocenters. The highest BCUT2D eigenvalue weighted by Crippen LogP contribution is 2.27. The van der Waals surface area contributed by atoms with Crippen LogP contribution >= 0.6 is 15.9 Å². The number of ether oxygens (including phenoxy) is 1. The number of nitrogens with one attached hydrogen (secondary N) is 2. The topological polar surface area (TPSA) is 93.4 Å². The van der Waals surface area contributed by atoms with Crippen molar-refractivity contribution >= 4 is 33.6 Å². The van der Waals surface area contributed by atoms with Gasteiger partial charge in [-0.2, -0.15) is 0 Å². The summed E-state index contributed by atoms with van der Waals surface area (Å²) in [5.41, 5.74) is 5.58. The lowest BCUT2D eigenvalue weighted by Gasteiger charge is -2.14. The minimum atomic E-state index is -0.871. The number of anilines is 1. The van der Waals surface area contributed by atoms with Gasteiger partial charge in [0.15, 0.2) is 0 Å². The quantitative estimate of drug-likeness (QED) is 0.784. The summed E-state index contributed by atoms with van der Waals surface area (Å²) in [6.07, 6.45) is 0. The molecule has 6 nitrogen and oxygen atoms in total. The van der Waals surface area contributed by atoms with Crippen molar-refractivity contribution in [2.24, 2.45) is 5.73 Å². The van der Waals surface area contributed by atoms with Crippen LogP contribution in [0.1, 0.15) is 6.92 Å². The van der Waals surface area contributed by atoms with Gasteiger partial charge in [-0.3, -0.25) is 10.1 Å². The molecule has 1 aromatic rings. The fourth-order valence-corrected chi connectivity index (χ4v) is 1.84. The van der Waals surface area contributed by atoms with Crippen LogP contribution in [0.2, 0.25) is 0 Å². The molecule has 18 heavy (non-hydrogen) atoms. The number of carbonyl (C=O) groups excluding carboxylic acids is 2. The first kappa shape index (κ1) is 14.3. The zero-order valence-corrected chi connectivity index (χ0v) is 11.6.